The Morgan fingerprint density at radius 3 is 2.77 bits per heavy atom. The zero-order valence-electron chi connectivity index (χ0n) is 12.7. The summed E-state index contributed by atoms with van der Waals surface area (Å²) in [4.78, 5) is 12.4. The lowest BCUT2D eigenvalue weighted by Gasteiger charge is -2.09. The van der Waals surface area contributed by atoms with Crippen molar-refractivity contribution in [1.82, 2.24) is 9.78 Å². The highest BCUT2D eigenvalue weighted by Crippen LogP contribution is 2.31. The van der Waals surface area contributed by atoms with Crippen molar-refractivity contribution >= 4 is 27.8 Å². The molecule has 1 aromatic carbocycles. The van der Waals surface area contributed by atoms with Gasteiger partial charge < -0.3 is 9.47 Å². The smallest absolute Gasteiger partial charge is 0.205 e. The summed E-state index contributed by atoms with van der Waals surface area (Å²) in [5.41, 5.74) is 1.30. The van der Waals surface area contributed by atoms with Crippen molar-refractivity contribution in [2.24, 2.45) is 0 Å². The van der Waals surface area contributed by atoms with Crippen LogP contribution in [0.5, 0.6) is 11.5 Å². The maximum atomic E-state index is 12.4. The number of aromatic nitrogens is 2. The summed E-state index contributed by atoms with van der Waals surface area (Å²) in [5, 5.41) is 4.14. The van der Waals surface area contributed by atoms with Crippen molar-refractivity contribution < 1.29 is 14.3 Å². The van der Waals surface area contributed by atoms with Crippen LogP contribution in [0, 0.1) is 0 Å². The number of halogens is 1. The number of benzene rings is 1. The van der Waals surface area contributed by atoms with Crippen molar-refractivity contribution in [2.75, 3.05) is 14.2 Å². The first-order valence-electron chi connectivity index (χ1n) is 6.77. The predicted molar refractivity (Wildman–Crippen MR) is 88.5 cm³/mol. The van der Waals surface area contributed by atoms with E-state index in [1.54, 1.807) is 37.2 Å². The summed E-state index contributed by atoms with van der Waals surface area (Å²) in [6.45, 7) is 2.56. The third-order valence-electron chi connectivity index (χ3n) is 3.18. The number of nitrogens with zero attached hydrogens (tertiary/aromatic N) is 2. The average molecular weight is 365 g/mol. The van der Waals surface area contributed by atoms with Crippen molar-refractivity contribution in [3.63, 3.8) is 0 Å². The second-order valence-electron chi connectivity index (χ2n) is 4.44. The van der Waals surface area contributed by atoms with E-state index in [0.717, 1.165) is 5.56 Å². The Morgan fingerprint density at radius 1 is 1.36 bits per heavy atom. The number of carbonyl (C=O) groups is 1. The molecule has 1 aromatic heterocycles. The van der Waals surface area contributed by atoms with E-state index in [9.17, 15) is 4.79 Å². The molecule has 0 amide bonds. The van der Waals surface area contributed by atoms with Crippen LogP contribution in [0.1, 0.15) is 23.0 Å². The molecule has 5 nitrogen and oxygen atoms in total. The molecule has 0 aliphatic carbocycles. The number of ketones is 1. The lowest BCUT2D eigenvalue weighted by Crippen LogP contribution is -2.07. The molecule has 0 fully saturated rings. The summed E-state index contributed by atoms with van der Waals surface area (Å²) < 4.78 is 12.9. The normalized spacial score (nSPS) is 10.9. The fourth-order valence-corrected chi connectivity index (χ4v) is 2.63. The number of aryl methyl sites for hydroxylation is 1. The highest BCUT2D eigenvalue weighted by molar-refractivity contribution is 9.10. The van der Waals surface area contributed by atoms with Crippen LogP contribution in [0.2, 0.25) is 0 Å². The first-order valence-corrected chi connectivity index (χ1v) is 7.56. The van der Waals surface area contributed by atoms with Gasteiger partial charge >= 0.3 is 0 Å². The van der Waals surface area contributed by atoms with Crippen molar-refractivity contribution in [3.8, 4) is 11.5 Å². The minimum atomic E-state index is -0.129. The molecule has 2 aromatic rings. The third-order valence-corrected chi connectivity index (χ3v) is 3.76. The Balaban J connectivity index is 2.32. The van der Waals surface area contributed by atoms with Crippen LogP contribution in [0.15, 0.2) is 34.9 Å². The molecule has 1 heterocycles. The van der Waals surface area contributed by atoms with Gasteiger partial charge in [-0.05, 0) is 41.1 Å². The van der Waals surface area contributed by atoms with E-state index in [0.29, 0.717) is 28.2 Å². The van der Waals surface area contributed by atoms with Gasteiger partial charge in [0.1, 0.15) is 5.69 Å². The molecule has 6 heteroatoms. The first-order chi connectivity index (χ1) is 10.6. The topological polar surface area (TPSA) is 53.4 Å². The number of para-hydroxylation sites is 1. The largest absolute Gasteiger partial charge is 0.493 e. The van der Waals surface area contributed by atoms with Gasteiger partial charge in [-0.25, -0.2) is 0 Å². The molecule has 0 bridgehead atoms. The molecule has 2 rings (SSSR count). The van der Waals surface area contributed by atoms with Crippen molar-refractivity contribution in [1.29, 1.82) is 0 Å². The molecule has 116 valence electrons. The molecule has 0 saturated heterocycles. The Bertz CT molecular complexity index is 707. The molecule has 0 radical (unpaired) electrons. The van der Waals surface area contributed by atoms with E-state index >= 15 is 0 Å². The Labute approximate surface area is 137 Å². The monoisotopic (exact) mass is 364 g/mol. The molecule has 0 aliphatic rings. The van der Waals surface area contributed by atoms with E-state index < -0.39 is 0 Å². The van der Waals surface area contributed by atoms with Crippen molar-refractivity contribution in [2.45, 2.75) is 13.5 Å². The standard InChI is InChI=1S/C16H17BrN2O3/c1-4-19-15(12(17)10-18-19)13(20)9-8-11-6-5-7-14(21-2)16(11)22-3/h5-10H,4H2,1-3H3/b9-8+. The number of allylic oxidation sites excluding steroid dienone is 1. The second kappa shape index (κ2) is 7.26. The van der Waals surface area contributed by atoms with Gasteiger partial charge in [-0.15, -0.1) is 0 Å². The molecule has 0 saturated carbocycles. The summed E-state index contributed by atoms with van der Waals surface area (Å²) >= 11 is 3.35. The van der Waals surface area contributed by atoms with E-state index in [1.807, 2.05) is 19.1 Å². The van der Waals surface area contributed by atoms with Gasteiger partial charge in [0.2, 0.25) is 5.78 Å². The van der Waals surface area contributed by atoms with Crippen LogP contribution >= 0.6 is 15.9 Å². The number of carbonyl (C=O) groups excluding carboxylic acids is 1. The predicted octanol–water partition coefficient (Wildman–Crippen LogP) is 3.58. The Morgan fingerprint density at radius 2 is 2.14 bits per heavy atom. The highest BCUT2D eigenvalue weighted by atomic mass is 79.9. The van der Waals surface area contributed by atoms with Crippen LogP contribution in [0.4, 0.5) is 0 Å². The second-order valence-corrected chi connectivity index (χ2v) is 5.29. The van der Waals surface area contributed by atoms with Crippen LogP contribution in [-0.4, -0.2) is 29.8 Å². The Hall–Kier alpha value is -2.08. The van der Waals surface area contributed by atoms with E-state index in [4.69, 9.17) is 9.47 Å². The lowest BCUT2D eigenvalue weighted by atomic mass is 10.1. The zero-order valence-corrected chi connectivity index (χ0v) is 14.3. The number of ether oxygens (including phenoxy) is 2. The number of hydrogen-bond donors (Lipinski definition) is 0. The van der Waals surface area contributed by atoms with Gasteiger partial charge in [-0.1, -0.05) is 12.1 Å². The van der Waals surface area contributed by atoms with Crippen LogP contribution in [0.25, 0.3) is 6.08 Å². The molecule has 0 spiro atoms. The maximum absolute atomic E-state index is 12.4. The first kappa shape index (κ1) is 16.3. The van der Waals surface area contributed by atoms with Gasteiger partial charge in [-0.2, -0.15) is 5.10 Å². The summed E-state index contributed by atoms with van der Waals surface area (Å²) in [6.07, 6.45) is 4.84. The van der Waals surface area contributed by atoms with Crippen LogP contribution in [0.3, 0.4) is 0 Å². The number of hydrogen-bond acceptors (Lipinski definition) is 4. The van der Waals surface area contributed by atoms with Crippen molar-refractivity contribution in [3.05, 3.63) is 46.2 Å². The number of rotatable bonds is 6. The van der Waals surface area contributed by atoms with Gasteiger partial charge in [0, 0.05) is 12.1 Å². The molecular weight excluding hydrogens is 348 g/mol. The zero-order chi connectivity index (χ0) is 16.1. The van der Waals surface area contributed by atoms with E-state index in [2.05, 4.69) is 21.0 Å². The van der Waals surface area contributed by atoms with Gasteiger partial charge in [0.25, 0.3) is 0 Å². The SMILES string of the molecule is CCn1ncc(Br)c1C(=O)/C=C/c1cccc(OC)c1OC. The summed E-state index contributed by atoms with van der Waals surface area (Å²) in [6, 6.07) is 5.51. The van der Waals surface area contributed by atoms with E-state index in [-0.39, 0.29) is 5.78 Å². The van der Waals surface area contributed by atoms with Gasteiger partial charge in [0.05, 0.1) is 24.9 Å². The minimum absolute atomic E-state index is 0.129. The fraction of sp³-hybridized carbons (Fsp3) is 0.250. The molecule has 0 aliphatic heterocycles. The molecular formula is C16H17BrN2O3. The third kappa shape index (κ3) is 3.22. The summed E-state index contributed by atoms with van der Waals surface area (Å²) in [7, 11) is 3.15. The Kier molecular flexibility index (Phi) is 5.38. The maximum Gasteiger partial charge on any atom is 0.205 e. The molecule has 0 atom stereocenters. The summed E-state index contributed by atoms with van der Waals surface area (Å²) in [5.74, 6) is 1.09. The van der Waals surface area contributed by atoms with Crippen LogP contribution < -0.4 is 9.47 Å². The average Bonchev–Trinajstić information content (AvgIpc) is 2.92. The fourth-order valence-electron chi connectivity index (χ4n) is 2.13. The van der Waals surface area contributed by atoms with Gasteiger partial charge in [0.15, 0.2) is 11.5 Å². The lowest BCUT2D eigenvalue weighted by molar-refractivity contribution is 0.103. The minimum Gasteiger partial charge on any atom is -0.493 e. The highest BCUT2D eigenvalue weighted by Gasteiger charge is 2.14. The number of methoxy groups -OCH3 is 2. The molecule has 0 unspecified atom stereocenters. The van der Waals surface area contributed by atoms with Crippen LogP contribution in [-0.2, 0) is 6.54 Å². The quantitative estimate of drug-likeness (QED) is 0.580. The molecule has 22 heavy (non-hydrogen) atoms. The van der Waals surface area contributed by atoms with E-state index in [1.165, 1.54) is 6.08 Å². The molecule has 0 N–H and O–H groups in total. The van der Waals surface area contributed by atoms with Gasteiger partial charge in [-0.3, -0.25) is 9.48 Å².